The zero-order valence-electron chi connectivity index (χ0n) is 9.19. The van der Waals surface area contributed by atoms with Crippen molar-refractivity contribution in [1.29, 1.82) is 0 Å². The second kappa shape index (κ2) is 4.22. The van der Waals surface area contributed by atoms with E-state index in [1.165, 1.54) is 25.9 Å². The van der Waals surface area contributed by atoms with Crippen molar-refractivity contribution in [3.05, 3.63) is 23.5 Å². The Balaban J connectivity index is 1.73. The molecule has 4 heterocycles. The van der Waals surface area contributed by atoms with E-state index in [1.54, 1.807) is 12.4 Å². The van der Waals surface area contributed by atoms with Crippen LogP contribution in [-0.2, 0) is 0 Å². The smallest absolute Gasteiger partial charge is 0.0820 e. The number of hydrogen-bond acceptors (Lipinski definition) is 3. The zero-order chi connectivity index (χ0) is 11.0. The number of fused-ring (bicyclic) bond motifs is 3. The molecule has 0 aromatic carbocycles. The van der Waals surface area contributed by atoms with Gasteiger partial charge in [0.25, 0.3) is 0 Å². The van der Waals surface area contributed by atoms with Gasteiger partial charge in [-0.1, -0.05) is 11.6 Å². The van der Waals surface area contributed by atoms with E-state index in [0.717, 1.165) is 23.2 Å². The minimum atomic E-state index is 0.558. The van der Waals surface area contributed by atoms with Gasteiger partial charge < -0.3 is 10.2 Å². The number of rotatable bonds is 2. The monoisotopic (exact) mass is 237 g/mol. The lowest BCUT2D eigenvalue weighted by atomic mass is 9.84. The molecule has 3 nitrogen and oxygen atoms in total. The number of anilines is 1. The van der Waals surface area contributed by atoms with Crippen LogP contribution in [0.4, 0.5) is 5.69 Å². The van der Waals surface area contributed by atoms with Crippen LogP contribution in [0.5, 0.6) is 0 Å². The molecule has 0 aliphatic carbocycles. The predicted octanol–water partition coefficient (Wildman–Crippen LogP) is 2.24. The van der Waals surface area contributed by atoms with Gasteiger partial charge in [-0.15, -0.1) is 0 Å². The summed E-state index contributed by atoms with van der Waals surface area (Å²) in [7, 11) is 0. The van der Waals surface area contributed by atoms with Gasteiger partial charge >= 0.3 is 0 Å². The van der Waals surface area contributed by atoms with E-state index < -0.39 is 0 Å². The summed E-state index contributed by atoms with van der Waals surface area (Å²) in [6.07, 6.45) is 6.13. The molecule has 1 N–H and O–H groups in total. The third-order valence-corrected chi connectivity index (χ3v) is 4.07. The Bertz CT molecular complexity index is 374. The molecule has 4 heteroatoms. The van der Waals surface area contributed by atoms with Crippen LogP contribution in [0.25, 0.3) is 0 Å². The van der Waals surface area contributed by atoms with Gasteiger partial charge in [0, 0.05) is 25.0 Å². The highest BCUT2D eigenvalue weighted by atomic mass is 35.5. The normalized spacial score (nSPS) is 32.7. The fourth-order valence-corrected chi connectivity index (χ4v) is 2.99. The van der Waals surface area contributed by atoms with Crippen molar-refractivity contribution in [3.63, 3.8) is 0 Å². The van der Waals surface area contributed by atoms with Crippen LogP contribution >= 0.6 is 11.6 Å². The number of aromatic nitrogens is 1. The third-order valence-electron chi connectivity index (χ3n) is 3.77. The Kier molecular flexibility index (Phi) is 2.74. The van der Waals surface area contributed by atoms with E-state index in [4.69, 9.17) is 11.6 Å². The predicted molar refractivity (Wildman–Crippen MR) is 65.8 cm³/mol. The van der Waals surface area contributed by atoms with Crippen LogP contribution in [0.1, 0.15) is 12.8 Å². The van der Waals surface area contributed by atoms with Crippen molar-refractivity contribution in [3.8, 4) is 0 Å². The van der Waals surface area contributed by atoms with Crippen molar-refractivity contribution in [2.45, 2.75) is 18.9 Å². The third kappa shape index (κ3) is 1.89. The fourth-order valence-electron chi connectivity index (χ4n) is 2.82. The molecule has 1 aromatic heterocycles. The molecule has 3 saturated heterocycles. The van der Waals surface area contributed by atoms with Gasteiger partial charge in [-0.05, 0) is 37.9 Å². The van der Waals surface area contributed by atoms with Crippen molar-refractivity contribution in [1.82, 2.24) is 9.88 Å². The standard InChI is InChI=1S/C12H16ClN3/c13-10-7-14-4-1-11(10)15-12-8-16-5-2-9(12)3-6-16/h1,4,7,9,12H,2-3,5-6,8H2,(H,14,15). The fraction of sp³-hybridized carbons (Fsp3) is 0.583. The first kappa shape index (κ1) is 10.4. The molecule has 4 rings (SSSR count). The summed E-state index contributed by atoms with van der Waals surface area (Å²) < 4.78 is 0. The van der Waals surface area contributed by atoms with Crippen molar-refractivity contribution < 1.29 is 0 Å². The van der Waals surface area contributed by atoms with Gasteiger partial charge in [-0.25, -0.2) is 0 Å². The molecule has 1 aromatic rings. The Morgan fingerprint density at radius 2 is 2.19 bits per heavy atom. The maximum absolute atomic E-state index is 6.11. The van der Waals surface area contributed by atoms with Gasteiger partial charge in [0.1, 0.15) is 0 Å². The van der Waals surface area contributed by atoms with Crippen molar-refractivity contribution >= 4 is 17.3 Å². The Morgan fingerprint density at radius 1 is 1.38 bits per heavy atom. The van der Waals surface area contributed by atoms with Crippen LogP contribution < -0.4 is 5.32 Å². The molecule has 2 bridgehead atoms. The molecule has 3 aliphatic heterocycles. The first-order valence-corrected chi connectivity index (χ1v) is 6.29. The van der Waals surface area contributed by atoms with Gasteiger partial charge in [-0.3, -0.25) is 4.98 Å². The maximum atomic E-state index is 6.11. The number of pyridine rings is 1. The lowest BCUT2D eigenvalue weighted by Gasteiger charge is -2.45. The van der Waals surface area contributed by atoms with E-state index in [2.05, 4.69) is 15.2 Å². The second-order valence-electron chi connectivity index (χ2n) is 4.74. The average Bonchev–Trinajstić information content (AvgIpc) is 2.34. The Hall–Kier alpha value is -0.800. The molecule has 86 valence electrons. The molecule has 1 unspecified atom stereocenters. The minimum absolute atomic E-state index is 0.558. The van der Waals surface area contributed by atoms with Crippen LogP contribution in [-0.4, -0.2) is 35.6 Å². The largest absolute Gasteiger partial charge is 0.379 e. The lowest BCUT2D eigenvalue weighted by Crippen LogP contribution is -2.53. The van der Waals surface area contributed by atoms with E-state index >= 15 is 0 Å². The van der Waals surface area contributed by atoms with E-state index in [-0.39, 0.29) is 0 Å². The number of hydrogen-bond donors (Lipinski definition) is 1. The quantitative estimate of drug-likeness (QED) is 0.855. The van der Waals surface area contributed by atoms with E-state index in [1.807, 2.05) is 6.07 Å². The molecule has 16 heavy (non-hydrogen) atoms. The molecule has 0 radical (unpaired) electrons. The topological polar surface area (TPSA) is 28.2 Å². The summed E-state index contributed by atoms with van der Waals surface area (Å²) in [5, 5.41) is 4.29. The number of nitrogens with zero attached hydrogens (tertiary/aromatic N) is 2. The minimum Gasteiger partial charge on any atom is -0.379 e. The summed E-state index contributed by atoms with van der Waals surface area (Å²) in [6.45, 7) is 3.70. The molecule has 3 fully saturated rings. The number of halogens is 1. The van der Waals surface area contributed by atoms with Crippen molar-refractivity contribution in [2.24, 2.45) is 5.92 Å². The van der Waals surface area contributed by atoms with Gasteiger partial charge in [0.15, 0.2) is 0 Å². The summed E-state index contributed by atoms with van der Waals surface area (Å²) in [5.74, 6) is 0.814. The van der Waals surface area contributed by atoms with E-state index in [0.29, 0.717) is 6.04 Å². The van der Waals surface area contributed by atoms with Crippen LogP contribution in [0, 0.1) is 5.92 Å². The van der Waals surface area contributed by atoms with Gasteiger partial charge in [-0.2, -0.15) is 0 Å². The highest BCUT2D eigenvalue weighted by Gasteiger charge is 2.34. The summed E-state index contributed by atoms with van der Waals surface area (Å²) in [5.41, 5.74) is 1.02. The van der Waals surface area contributed by atoms with Gasteiger partial charge in [0.2, 0.25) is 0 Å². The SMILES string of the molecule is Clc1cnccc1NC1CN2CCC1CC2. The van der Waals surface area contributed by atoms with Crippen LogP contribution in [0.3, 0.4) is 0 Å². The van der Waals surface area contributed by atoms with E-state index in [9.17, 15) is 0 Å². The molecule has 0 spiro atoms. The maximum Gasteiger partial charge on any atom is 0.0820 e. The lowest BCUT2D eigenvalue weighted by molar-refractivity contribution is 0.0975. The average molecular weight is 238 g/mol. The summed E-state index contributed by atoms with van der Waals surface area (Å²) in [6, 6.07) is 2.52. The molecule has 0 saturated carbocycles. The molecular weight excluding hydrogens is 222 g/mol. The molecule has 0 amide bonds. The first-order valence-electron chi connectivity index (χ1n) is 5.91. The molecule has 3 aliphatic rings. The Labute approximate surface area is 101 Å². The second-order valence-corrected chi connectivity index (χ2v) is 5.15. The summed E-state index contributed by atoms with van der Waals surface area (Å²) in [4.78, 5) is 6.54. The van der Waals surface area contributed by atoms with Crippen LogP contribution in [0.2, 0.25) is 5.02 Å². The first-order chi connectivity index (χ1) is 7.83. The Morgan fingerprint density at radius 3 is 2.81 bits per heavy atom. The van der Waals surface area contributed by atoms with Crippen molar-refractivity contribution in [2.75, 3.05) is 25.0 Å². The van der Waals surface area contributed by atoms with Gasteiger partial charge in [0.05, 0.1) is 10.7 Å². The van der Waals surface area contributed by atoms with Crippen LogP contribution in [0.15, 0.2) is 18.5 Å². The zero-order valence-corrected chi connectivity index (χ0v) is 9.95. The highest BCUT2D eigenvalue weighted by molar-refractivity contribution is 6.33. The molecule has 1 atom stereocenters. The number of piperidine rings is 3. The highest BCUT2D eigenvalue weighted by Crippen LogP contribution is 2.31. The number of nitrogens with one attached hydrogen (secondary N) is 1. The summed E-state index contributed by atoms with van der Waals surface area (Å²) >= 11 is 6.11. The molecular formula is C12H16ClN3.